The molecule has 0 aliphatic rings. The lowest BCUT2D eigenvalue weighted by Gasteiger charge is -2.15. The molecule has 0 aromatic heterocycles. The molecule has 0 amide bonds. The van der Waals surface area contributed by atoms with E-state index in [9.17, 15) is 4.39 Å². The Hall–Kier alpha value is -1.89. The molecular weight excluding hydrogens is 275 g/mol. The van der Waals surface area contributed by atoms with Crippen LogP contribution in [0.25, 0.3) is 0 Å². The molecule has 20 heavy (non-hydrogen) atoms. The Bertz CT molecular complexity index is 632. The first-order valence-electron chi connectivity index (χ1n) is 6.28. The average Bonchev–Trinajstić information content (AvgIpc) is 2.46. The molecule has 2 rings (SSSR count). The van der Waals surface area contributed by atoms with E-state index in [1.165, 1.54) is 6.07 Å². The molecule has 0 saturated carbocycles. The Morgan fingerprint density at radius 1 is 1.25 bits per heavy atom. The van der Waals surface area contributed by atoms with Crippen LogP contribution < -0.4 is 5.32 Å². The van der Waals surface area contributed by atoms with Crippen LogP contribution in [0.4, 0.5) is 4.39 Å². The van der Waals surface area contributed by atoms with Crippen molar-refractivity contribution in [2.45, 2.75) is 19.5 Å². The van der Waals surface area contributed by atoms with Gasteiger partial charge in [0.1, 0.15) is 11.9 Å². The van der Waals surface area contributed by atoms with Crippen molar-refractivity contribution in [2.24, 2.45) is 0 Å². The van der Waals surface area contributed by atoms with Gasteiger partial charge in [0.05, 0.1) is 5.56 Å². The van der Waals surface area contributed by atoms with Crippen molar-refractivity contribution in [1.82, 2.24) is 5.32 Å². The predicted molar refractivity (Wildman–Crippen MR) is 77.8 cm³/mol. The van der Waals surface area contributed by atoms with Crippen LogP contribution in [-0.2, 0) is 6.54 Å². The van der Waals surface area contributed by atoms with Crippen LogP contribution in [0.5, 0.6) is 0 Å². The van der Waals surface area contributed by atoms with Gasteiger partial charge in [-0.2, -0.15) is 5.26 Å². The summed E-state index contributed by atoms with van der Waals surface area (Å²) in [7, 11) is 0. The van der Waals surface area contributed by atoms with Gasteiger partial charge in [0.25, 0.3) is 0 Å². The van der Waals surface area contributed by atoms with Gasteiger partial charge in [0.15, 0.2) is 0 Å². The number of nitrogens with zero attached hydrogens (tertiary/aromatic N) is 1. The lowest BCUT2D eigenvalue weighted by molar-refractivity contribution is 0.543. The van der Waals surface area contributed by atoms with Crippen LogP contribution in [0, 0.1) is 17.1 Å². The summed E-state index contributed by atoms with van der Waals surface area (Å²) in [6.07, 6.45) is 0. The highest BCUT2D eigenvalue weighted by Crippen LogP contribution is 2.18. The lowest BCUT2D eigenvalue weighted by atomic mass is 10.1. The second kappa shape index (κ2) is 6.51. The third-order valence-electron chi connectivity index (χ3n) is 3.17. The molecule has 0 heterocycles. The highest BCUT2D eigenvalue weighted by molar-refractivity contribution is 6.30. The number of nitriles is 1. The molecule has 0 radical (unpaired) electrons. The molecule has 2 aromatic rings. The number of benzene rings is 2. The number of hydrogen-bond donors (Lipinski definition) is 1. The molecule has 1 unspecified atom stereocenters. The van der Waals surface area contributed by atoms with E-state index in [1.54, 1.807) is 12.1 Å². The summed E-state index contributed by atoms with van der Waals surface area (Å²) >= 11 is 5.84. The molecular formula is C16H14ClFN2. The van der Waals surface area contributed by atoms with Crippen LogP contribution in [0.3, 0.4) is 0 Å². The smallest absolute Gasteiger partial charge is 0.145 e. The first-order valence-corrected chi connectivity index (χ1v) is 6.66. The standard InChI is InChI=1S/C16H14ClFN2/c1-11(12-5-7-15(17)8-6-12)20-10-14-4-2-3-13(9-19)16(14)18/h2-8,11,20H,10H2,1H3. The number of nitrogens with one attached hydrogen (secondary N) is 1. The zero-order valence-corrected chi connectivity index (χ0v) is 11.8. The maximum atomic E-state index is 13.9. The van der Waals surface area contributed by atoms with Crippen molar-refractivity contribution < 1.29 is 4.39 Å². The fourth-order valence-electron chi connectivity index (χ4n) is 1.94. The number of halogens is 2. The molecule has 2 nitrogen and oxygen atoms in total. The van der Waals surface area contributed by atoms with Crippen LogP contribution >= 0.6 is 11.6 Å². The van der Waals surface area contributed by atoms with E-state index in [0.717, 1.165) is 5.56 Å². The minimum absolute atomic E-state index is 0.0670. The van der Waals surface area contributed by atoms with Gasteiger partial charge in [-0.15, -0.1) is 0 Å². The second-order valence-electron chi connectivity index (χ2n) is 4.54. The van der Waals surface area contributed by atoms with E-state index in [-0.39, 0.29) is 11.6 Å². The molecule has 4 heteroatoms. The zero-order chi connectivity index (χ0) is 14.5. The average molecular weight is 289 g/mol. The molecule has 0 spiro atoms. The van der Waals surface area contributed by atoms with E-state index in [1.807, 2.05) is 37.3 Å². The van der Waals surface area contributed by atoms with Crippen molar-refractivity contribution in [3.63, 3.8) is 0 Å². The molecule has 102 valence electrons. The summed E-state index contributed by atoms with van der Waals surface area (Å²) in [4.78, 5) is 0. The third kappa shape index (κ3) is 3.36. The van der Waals surface area contributed by atoms with E-state index >= 15 is 0 Å². The van der Waals surface area contributed by atoms with E-state index in [0.29, 0.717) is 17.1 Å². The summed E-state index contributed by atoms with van der Waals surface area (Å²) in [6, 6.07) is 14.3. The summed E-state index contributed by atoms with van der Waals surface area (Å²) < 4.78 is 13.9. The predicted octanol–water partition coefficient (Wildman–Crippen LogP) is 4.20. The summed E-state index contributed by atoms with van der Waals surface area (Å²) in [6.45, 7) is 2.36. The Morgan fingerprint density at radius 3 is 2.60 bits per heavy atom. The normalized spacial score (nSPS) is 11.9. The van der Waals surface area contributed by atoms with Gasteiger partial charge in [-0.25, -0.2) is 4.39 Å². The van der Waals surface area contributed by atoms with Gasteiger partial charge in [-0.3, -0.25) is 0 Å². The molecule has 0 aliphatic heterocycles. The largest absolute Gasteiger partial charge is 0.306 e. The maximum Gasteiger partial charge on any atom is 0.145 e. The first kappa shape index (κ1) is 14.5. The molecule has 0 bridgehead atoms. The van der Waals surface area contributed by atoms with Crippen molar-refractivity contribution in [1.29, 1.82) is 5.26 Å². The van der Waals surface area contributed by atoms with Crippen molar-refractivity contribution in [3.05, 3.63) is 70.0 Å². The molecule has 1 atom stereocenters. The monoisotopic (exact) mass is 288 g/mol. The molecule has 0 fully saturated rings. The van der Waals surface area contributed by atoms with Gasteiger partial charge < -0.3 is 5.32 Å². The fourth-order valence-corrected chi connectivity index (χ4v) is 2.06. The molecule has 0 saturated heterocycles. The molecule has 1 N–H and O–H groups in total. The Labute approximate surface area is 122 Å². The van der Waals surface area contributed by atoms with Gasteiger partial charge >= 0.3 is 0 Å². The Balaban J connectivity index is 2.05. The van der Waals surface area contributed by atoms with Crippen molar-refractivity contribution in [2.75, 3.05) is 0 Å². The van der Waals surface area contributed by atoms with Gasteiger partial charge in [0.2, 0.25) is 0 Å². The quantitative estimate of drug-likeness (QED) is 0.915. The van der Waals surface area contributed by atoms with E-state index in [2.05, 4.69) is 5.32 Å². The SMILES string of the molecule is CC(NCc1cccc(C#N)c1F)c1ccc(Cl)cc1. The summed E-state index contributed by atoms with van der Waals surface area (Å²) in [5.41, 5.74) is 1.64. The zero-order valence-electron chi connectivity index (χ0n) is 11.0. The summed E-state index contributed by atoms with van der Waals surface area (Å²) in [5, 5.41) is 12.7. The van der Waals surface area contributed by atoms with Crippen LogP contribution in [0.15, 0.2) is 42.5 Å². The highest BCUT2D eigenvalue weighted by atomic mass is 35.5. The van der Waals surface area contributed by atoms with Crippen LogP contribution in [0.1, 0.15) is 29.7 Å². The van der Waals surface area contributed by atoms with Crippen LogP contribution in [0.2, 0.25) is 5.02 Å². The number of hydrogen-bond acceptors (Lipinski definition) is 2. The Kier molecular flexibility index (Phi) is 4.73. The van der Waals surface area contributed by atoms with E-state index < -0.39 is 5.82 Å². The molecule has 2 aromatic carbocycles. The van der Waals surface area contributed by atoms with Gasteiger partial charge in [-0.1, -0.05) is 35.9 Å². The highest BCUT2D eigenvalue weighted by Gasteiger charge is 2.09. The number of rotatable bonds is 4. The van der Waals surface area contributed by atoms with Crippen LogP contribution in [-0.4, -0.2) is 0 Å². The third-order valence-corrected chi connectivity index (χ3v) is 3.42. The lowest BCUT2D eigenvalue weighted by Crippen LogP contribution is -2.19. The minimum atomic E-state index is -0.453. The van der Waals surface area contributed by atoms with Crippen molar-refractivity contribution >= 4 is 11.6 Å². The van der Waals surface area contributed by atoms with Gasteiger partial charge in [0, 0.05) is 23.2 Å². The summed E-state index contributed by atoms with van der Waals surface area (Å²) in [5.74, 6) is -0.453. The van der Waals surface area contributed by atoms with Crippen molar-refractivity contribution in [3.8, 4) is 6.07 Å². The topological polar surface area (TPSA) is 35.8 Å². The first-order chi connectivity index (χ1) is 9.61. The van der Waals surface area contributed by atoms with E-state index in [4.69, 9.17) is 16.9 Å². The Morgan fingerprint density at radius 2 is 1.95 bits per heavy atom. The second-order valence-corrected chi connectivity index (χ2v) is 4.98. The fraction of sp³-hybridized carbons (Fsp3) is 0.188. The molecule has 0 aliphatic carbocycles. The van der Waals surface area contributed by atoms with Gasteiger partial charge in [-0.05, 0) is 30.7 Å². The minimum Gasteiger partial charge on any atom is -0.306 e. The maximum absolute atomic E-state index is 13.9.